The molecule has 1 aromatic rings. The zero-order valence-corrected chi connectivity index (χ0v) is 6.28. The third-order valence-electron chi connectivity index (χ3n) is 1.90. The van der Waals surface area contributed by atoms with Crippen molar-refractivity contribution in [2.24, 2.45) is 0 Å². The van der Waals surface area contributed by atoms with Crippen molar-refractivity contribution in [2.45, 2.75) is 6.42 Å². The highest BCUT2D eigenvalue weighted by atomic mass is 16.6. The summed E-state index contributed by atoms with van der Waals surface area (Å²) < 4.78 is 0. The Morgan fingerprint density at radius 2 is 2.50 bits per heavy atom. The molecule has 5 heteroatoms. The summed E-state index contributed by atoms with van der Waals surface area (Å²) in [6, 6.07) is 1.44. The van der Waals surface area contributed by atoms with Crippen LogP contribution < -0.4 is 5.32 Å². The highest BCUT2D eigenvalue weighted by molar-refractivity contribution is 5.58. The van der Waals surface area contributed by atoms with Crippen molar-refractivity contribution in [3.05, 3.63) is 27.9 Å². The normalized spacial score (nSPS) is 13.7. The summed E-state index contributed by atoms with van der Waals surface area (Å²) >= 11 is 0. The number of hydrogen-bond acceptors (Lipinski definition) is 4. The van der Waals surface area contributed by atoms with E-state index in [0.29, 0.717) is 12.2 Å². The number of anilines is 1. The van der Waals surface area contributed by atoms with E-state index in [4.69, 9.17) is 0 Å². The summed E-state index contributed by atoms with van der Waals surface area (Å²) in [4.78, 5) is 14.1. The maximum absolute atomic E-state index is 10.5. The average Bonchev–Trinajstić information content (AvgIpc) is 2.49. The van der Waals surface area contributed by atoms with Crippen LogP contribution in [0.5, 0.6) is 0 Å². The predicted octanol–water partition coefficient (Wildman–Crippen LogP) is 0.958. The van der Waals surface area contributed by atoms with Crippen molar-refractivity contribution in [1.29, 1.82) is 0 Å². The van der Waals surface area contributed by atoms with Crippen LogP contribution in [0.2, 0.25) is 0 Å². The van der Waals surface area contributed by atoms with E-state index >= 15 is 0 Å². The van der Waals surface area contributed by atoms with Crippen LogP contribution in [0.4, 0.5) is 11.5 Å². The highest BCUT2D eigenvalue weighted by Gasteiger charge is 2.21. The molecule has 0 fully saturated rings. The van der Waals surface area contributed by atoms with E-state index in [-0.39, 0.29) is 10.6 Å². The highest BCUT2D eigenvalue weighted by Crippen LogP contribution is 2.27. The first-order valence-corrected chi connectivity index (χ1v) is 3.65. The standard InChI is InChI=1S/C7H7N3O2/c11-10(12)6-2-4-9-7-5(6)1-3-8-7/h2,4H,1,3H2,(H,8,9). The van der Waals surface area contributed by atoms with Gasteiger partial charge in [0, 0.05) is 25.2 Å². The number of fused-ring (bicyclic) bond motifs is 1. The van der Waals surface area contributed by atoms with Gasteiger partial charge in [-0.1, -0.05) is 0 Å². The largest absolute Gasteiger partial charge is 0.369 e. The van der Waals surface area contributed by atoms with Gasteiger partial charge in [0.2, 0.25) is 0 Å². The maximum Gasteiger partial charge on any atom is 0.277 e. The lowest BCUT2D eigenvalue weighted by Gasteiger charge is -1.97. The first kappa shape index (κ1) is 7.02. The minimum Gasteiger partial charge on any atom is -0.369 e. The van der Waals surface area contributed by atoms with Crippen LogP contribution in [-0.2, 0) is 6.42 Å². The lowest BCUT2D eigenvalue weighted by atomic mass is 10.2. The molecule has 2 rings (SSSR count). The van der Waals surface area contributed by atoms with Crippen molar-refractivity contribution in [3.8, 4) is 0 Å². The molecular formula is C7H7N3O2. The van der Waals surface area contributed by atoms with E-state index in [1.165, 1.54) is 12.3 Å². The van der Waals surface area contributed by atoms with Crippen LogP contribution in [-0.4, -0.2) is 16.5 Å². The summed E-state index contributed by atoms with van der Waals surface area (Å²) in [5.74, 6) is 0.657. The Morgan fingerprint density at radius 3 is 3.25 bits per heavy atom. The SMILES string of the molecule is O=[N+]([O-])c1ccnc2c1CCN2. The van der Waals surface area contributed by atoms with Gasteiger partial charge >= 0.3 is 0 Å². The molecule has 0 aliphatic carbocycles. The molecule has 0 radical (unpaired) electrons. The van der Waals surface area contributed by atoms with Crippen molar-refractivity contribution in [1.82, 2.24) is 4.98 Å². The lowest BCUT2D eigenvalue weighted by molar-refractivity contribution is -0.385. The van der Waals surface area contributed by atoms with Gasteiger partial charge in [0.15, 0.2) is 0 Å². The maximum atomic E-state index is 10.5. The molecule has 1 aliphatic heterocycles. The van der Waals surface area contributed by atoms with E-state index in [2.05, 4.69) is 10.3 Å². The number of nitro groups is 1. The van der Waals surface area contributed by atoms with Gasteiger partial charge in [-0.25, -0.2) is 4.98 Å². The molecule has 62 valence electrons. The predicted molar refractivity (Wildman–Crippen MR) is 43.1 cm³/mol. The van der Waals surface area contributed by atoms with Crippen molar-refractivity contribution in [3.63, 3.8) is 0 Å². The summed E-state index contributed by atoms with van der Waals surface area (Å²) in [7, 11) is 0. The van der Waals surface area contributed by atoms with Crippen molar-refractivity contribution in [2.75, 3.05) is 11.9 Å². The monoisotopic (exact) mass is 165 g/mol. The number of aromatic nitrogens is 1. The minimum absolute atomic E-state index is 0.171. The van der Waals surface area contributed by atoms with Gasteiger partial charge in [0.1, 0.15) is 5.82 Å². The fourth-order valence-corrected chi connectivity index (χ4v) is 1.36. The quantitative estimate of drug-likeness (QED) is 0.497. The second-order valence-corrected chi connectivity index (χ2v) is 2.59. The molecule has 0 bridgehead atoms. The minimum atomic E-state index is -0.368. The summed E-state index contributed by atoms with van der Waals surface area (Å²) in [5, 5.41) is 13.5. The van der Waals surface area contributed by atoms with Gasteiger partial charge in [-0.15, -0.1) is 0 Å². The zero-order valence-electron chi connectivity index (χ0n) is 6.28. The number of nitrogens with one attached hydrogen (secondary N) is 1. The lowest BCUT2D eigenvalue weighted by Crippen LogP contribution is -1.94. The summed E-state index contributed by atoms with van der Waals surface area (Å²) in [5.41, 5.74) is 0.896. The summed E-state index contributed by atoms with van der Waals surface area (Å²) in [6.45, 7) is 0.743. The first-order valence-electron chi connectivity index (χ1n) is 3.65. The van der Waals surface area contributed by atoms with Gasteiger partial charge < -0.3 is 5.32 Å². The molecule has 12 heavy (non-hydrogen) atoms. The van der Waals surface area contributed by atoms with Crippen LogP contribution in [0.3, 0.4) is 0 Å². The van der Waals surface area contributed by atoms with E-state index in [0.717, 1.165) is 12.1 Å². The van der Waals surface area contributed by atoms with Gasteiger partial charge in [-0.3, -0.25) is 10.1 Å². The van der Waals surface area contributed by atoms with E-state index in [9.17, 15) is 10.1 Å². The van der Waals surface area contributed by atoms with Crippen LogP contribution in [0.1, 0.15) is 5.56 Å². The molecule has 2 heterocycles. The van der Waals surface area contributed by atoms with Crippen LogP contribution in [0.25, 0.3) is 0 Å². The molecule has 1 aromatic heterocycles. The number of rotatable bonds is 1. The molecule has 0 spiro atoms. The van der Waals surface area contributed by atoms with Gasteiger partial charge in [-0.2, -0.15) is 0 Å². The average molecular weight is 165 g/mol. The van der Waals surface area contributed by atoms with Gasteiger partial charge in [-0.05, 0) is 0 Å². The molecule has 1 N–H and O–H groups in total. The second kappa shape index (κ2) is 2.44. The van der Waals surface area contributed by atoms with E-state index in [1.54, 1.807) is 0 Å². The van der Waals surface area contributed by atoms with Crippen LogP contribution in [0.15, 0.2) is 12.3 Å². The zero-order chi connectivity index (χ0) is 8.55. The molecular weight excluding hydrogens is 158 g/mol. The fourth-order valence-electron chi connectivity index (χ4n) is 1.36. The molecule has 5 nitrogen and oxygen atoms in total. The smallest absolute Gasteiger partial charge is 0.277 e. The third kappa shape index (κ3) is 0.903. The number of pyridine rings is 1. The van der Waals surface area contributed by atoms with Crippen molar-refractivity contribution < 1.29 is 4.92 Å². The van der Waals surface area contributed by atoms with Gasteiger partial charge in [0.25, 0.3) is 5.69 Å². The molecule has 1 aliphatic rings. The van der Waals surface area contributed by atoms with E-state index < -0.39 is 0 Å². The van der Waals surface area contributed by atoms with Crippen molar-refractivity contribution >= 4 is 11.5 Å². The Bertz CT molecular complexity index is 337. The second-order valence-electron chi connectivity index (χ2n) is 2.59. The molecule has 0 unspecified atom stereocenters. The first-order chi connectivity index (χ1) is 5.79. The molecule has 0 atom stereocenters. The molecule has 0 amide bonds. The Balaban J connectivity index is 2.56. The third-order valence-corrected chi connectivity index (χ3v) is 1.90. The summed E-state index contributed by atoms with van der Waals surface area (Å²) in [6.07, 6.45) is 2.15. The number of nitrogens with zero attached hydrogens (tertiary/aromatic N) is 2. The topological polar surface area (TPSA) is 68.1 Å². The number of hydrogen-bond donors (Lipinski definition) is 1. The van der Waals surface area contributed by atoms with Crippen LogP contribution in [0, 0.1) is 10.1 Å². The van der Waals surface area contributed by atoms with E-state index in [1.807, 2.05) is 0 Å². The Hall–Kier alpha value is -1.65. The Labute approximate surface area is 68.6 Å². The molecule has 0 aromatic carbocycles. The Kier molecular flexibility index (Phi) is 1.43. The molecule has 0 saturated heterocycles. The van der Waals surface area contributed by atoms with Gasteiger partial charge in [0.05, 0.1) is 10.5 Å². The Morgan fingerprint density at radius 1 is 1.67 bits per heavy atom. The van der Waals surface area contributed by atoms with Crippen LogP contribution >= 0.6 is 0 Å². The molecule has 0 saturated carbocycles. The fraction of sp³-hybridized carbons (Fsp3) is 0.286.